The highest BCUT2D eigenvalue weighted by Crippen LogP contribution is 2.43. The zero-order valence-electron chi connectivity index (χ0n) is 18.2. The van der Waals surface area contributed by atoms with Crippen LogP contribution in [0.4, 0.5) is 17.6 Å². The zero-order valence-corrected chi connectivity index (χ0v) is 18.2. The van der Waals surface area contributed by atoms with Crippen LogP contribution in [0.2, 0.25) is 0 Å². The molecule has 1 aliphatic rings. The molecule has 0 fully saturated rings. The van der Waals surface area contributed by atoms with Crippen LogP contribution in [0.1, 0.15) is 37.1 Å². The molecule has 7 nitrogen and oxygen atoms in total. The van der Waals surface area contributed by atoms with E-state index in [2.05, 4.69) is 5.32 Å². The first-order chi connectivity index (χ1) is 15.7. The number of carbonyl (C=O) groups is 3. The van der Waals surface area contributed by atoms with Crippen molar-refractivity contribution in [2.75, 3.05) is 33.7 Å². The first kappa shape index (κ1) is 25.9. The Morgan fingerprint density at radius 3 is 2.30 bits per heavy atom. The number of esters is 3. The third-order valence-corrected chi connectivity index (χ3v) is 4.83. The molecule has 1 aliphatic heterocycles. The summed E-state index contributed by atoms with van der Waals surface area (Å²) < 4.78 is 71.1. The van der Waals surface area contributed by atoms with Gasteiger partial charge in [0.05, 0.1) is 42.2 Å². The fourth-order valence-corrected chi connectivity index (χ4v) is 3.53. The van der Waals surface area contributed by atoms with E-state index in [1.165, 1.54) is 19.1 Å². The molecule has 2 unspecified atom stereocenters. The van der Waals surface area contributed by atoms with E-state index < -0.39 is 66.9 Å². The number of nitrogens with one attached hydrogen (secondary N) is 1. The Bertz CT molecular complexity index is 991. The standard InChI is InChI=1S/C22H23F4NO6/c1-4-32-22(30)20-16(10-33-11(2)28)27-15(9-24)19(21(29)31-3)18(20)12-6-5-7-13(25)17(12)14(26)8-23/h5-7,14,18,27H,4,8-10H2,1-3H3. The Morgan fingerprint density at radius 2 is 1.76 bits per heavy atom. The Labute approximate surface area is 187 Å². The second-order valence-corrected chi connectivity index (χ2v) is 6.83. The van der Waals surface area contributed by atoms with Crippen LogP contribution in [0.3, 0.4) is 0 Å². The van der Waals surface area contributed by atoms with Gasteiger partial charge in [0, 0.05) is 12.5 Å². The molecule has 0 saturated carbocycles. The number of dihydropyridines is 1. The average molecular weight is 473 g/mol. The molecule has 0 saturated heterocycles. The fraction of sp³-hybridized carbons (Fsp3) is 0.409. The monoisotopic (exact) mass is 473 g/mol. The smallest absolute Gasteiger partial charge is 0.336 e. The van der Waals surface area contributed by atoms with Gasteiger partial charge in [-0.3, -0.25) is 4.79 Å². The lowest BCUT2D eigenvalue weighted by Gasteiger charge is -2.32. The van der Waals surface area contributed by atoms with Gasteiger partial charge in [0.2, 0.25) is 0 Å². The van der Waals surface area contributed by atoms with E-state index >= 15 is 0 Å². The summed E-state index contributed by atoms with van der Waals surface area (Å²) in [6.45, 7) is -0.956. The summed E-state index contributed by atoms with van der Waals surface area (Å²) in [4.78, 5) is 36.9. The van der Waals surface area contributed by atoms with Crippen molar-refractivity contribution in [3.8, 4) is 0 Å². The van der Waals surface area contributed by atoms with E-state index in [-0.39, 0.29) is 29.1 Å². The van der Waals surface area contributed by atoms with Crippen molar-refractivity contribution >= 4 is 17.9 Å². The lowest BCUT2D eigenvalue weighted by molar-refractivity contribution is -0.142. The highest BCUT2D eigenvalue weighted by molar-refractivity contribution is 6.00. The molecule has 0 spiro atoms. The number of benzene rings is 1. The summed E-state index contributed by atoms with van der Waals surface area (Å²) in [6.07, 6.45) is -2.44. The number of halogens is 4. The number of methoxy groups -OCH3 is 1. The Hall–Kier alpha value is -3.37. The number of carbonyl (C=O) groups excluding carboxylic acids is 3. The molecule has 1 aromatic carbocycles. The maximum atomic E-state index is 14.6. The minimum absolute atomic E-state index is 0.116. The second-order valence-electron chi connectivity index (χ2n) is 6.83. The van der Waals surface area contributed by atoms with Crippen molar-refractivity contribution in [3.05, 3.63) is 57.7 Å². The van der Waals surface area contributed by atoms with E-state index in [1.807, 2.05) is 0 Å². The van der Waals surface area contributed by atoms with E-state index in [9.17, 15) is 31.9 Å². The summed E-state index contributed by atoms with van der Waals surface area (Å²) >= 11 is 0. The van der Waals surface area contributed by atoms with E-state index in [4.69, 9.17) is 14.2 Å². The SMILES string of the molecule is CCOC(=O)C1=C(COC(C)=O)NC(CF)=C(C(=O)OC)C1c1cccc(F)c1C(F)CF. The maximum Gasteiger partial charge on any atom is 0.336 e. The third kappa shape index (κ3) is 5.52. The van der Waals surface area contributed by atoms with Crippen molar-refractivity contribution in [1.29, 1.82) is 0 Å². The van der Waals surface area contributed by atoms with Crippen LogP contribution in [0.25, 0.3) is 0 Å². The van der Waals surface area contributed by atoms with Gasteiger partial charge in [-0.1, -0.05) is 12.1 Å². The molecule has 2 rings (SSSR count). The molecule has 1 heterocycles. The molecule has 0 radical (unpaired) electrons. The van der Waals surface area contributed by atoms with Gasteiger partial charge >= 0.3 is 17.9 Å². The van der Waals surface area contributed by atoms with Crippen LogP contribution in [0.15, 0.2) is 40.7 Å². The van der Waals surface area contributed by atoms with Gasteiger partial charge in [0.1, 0.15) is 25.8 Å². The lowest BCUT2D eigenvalue weighted by Crippen LogP contribution is -2.36. The van der Waals surface area contributed by atoms with Gasteiger partial charge in [0.25, 0.3) is 0 Å². The van der Waals surface area contributed by atoms with E-state index in [0.717, 1.165) is 20.1 Å². The number of allylic oxidation sites excluding steroid dienone is 1. The fourth-order valence-electron chi connectivity index (χ4n) is 3.53. The minimum atomic E-state index is -2.44. The van der Waals surface area contributed by atoms with Crippen LogP contribution in [-0.4, -0.2) is 51.6 Å². The summed E-state index contributed by atoms with van der Waals surface area (Å²) in [5.41, 5.74) is -2.44. The van der Waals surface area contributed by atoms with Gasteiger partial charge in [-0.2, -0.15) is 0 Å². The van der Waals surface area contributed by atoms with Gasteiger partial charge < -0.3 is 19.5 Å². The number of alkyl halides is 3. The molecular weight excluding hydrogens is 450 g/mol. The molecular formula is C22H23F4NO6. The second kappa shape index (κ2) is 11.5. The largest absolute Gasteiger partial charge is 0.466 e. The molecule has 33 heavy (non-hydrogen) atoms. The minimum Gasteiger partial charge on any atom is -0.466 e. The van der Waals surface area contributed by atoms with Crippen molar-refractivity contribution in [2.45, 2.75) is 25.9 Å². The quantitative estimate of drug-likeness (QED) is 0.334. The van der Waals surface area contributed by atoms with E-state index in [0.29, 0.717) is 0 Å². The first-order valence-electron chi connectivity index (χ1n) is 9.87. The molecule has 0 amide bonds. The third-order valence-electron chi connectivity index (χ3n) is 4.83. The van der Waals surface area contributed by atoms with Crippen molar-refractivity contribution in [1.82, 2.24) is 5.32 Å². The predicted molar refractivity (Wildman–Crippen MR) is 107 cm³/mol. The topological polar surface area (TPSA) is 90.9 Å². The van der Waals surface area contributed by atoms with Crippen molar-refractivity contribution in [2.24, 2.45) is 0 Å². The van der Waals surface area contributed by atoms with Crippen LogP contribution < -0.4 is 5.32 Å². The van der Waals surface area contributed by atoms with Crippen LogP contribution in [-0.2, 0) is 28.6 Å². The van der Waals surface area contributed by atoms with Gasteiger partial charge in [-0.25, -0.2) is 27.2 Å². The summed E-state index contributed by atoms with van der Waals surface area (Å²) in [5.74, 6) is -5.60. The van der Waals surface area contributed by atoms with Crippen LogP contribution >= 0.6 is 0 Å². The highest BCUT2D eigenvalue weighted by Gasteiger charge is 2.42. The van der Waals surface area contributed by atoms with Crippen molar-refractivity contribution in [3.63, 3.8) is 0 Å². The molecule has 180 valence electrons. The number of rotatable bonds is 9. The first-order valence-corrected chi connectivity index (χ1v) is 9.87. The van der Waals surface area contributed by atoms with Gasteiger partial charge in [-0.05, 0) is 18.6 Å². The summed E-state index contributed by atoms with van der Waals surface area (Å²) in [5, 5.41) is 2.53. The molecule has 0 aliphatic carbocycles. The average Bonchev–Trinajstić information content (AvgIpc) is 2.80. The molecule has 0 bridgehead atoms. The Balaban J connectivity index is 2.92. The maximum absolute atomic E-state index is 14.6. The van der Waals surface area contributed by atoms with Crippen LogP contribution in [0.5, 0.6) is 0 Å². The molecule has 1 N–H and O–H groups in total. The van der Waals surface area contributed by atoms with Crippen molar-refractivity contribution < 1.29 is 46.2 Å². The summed E-state index contributed by atoms with van der Waals surface area (Å²) in [6, 6.07) is 3.23. The number of ether oxygens (including phenoxy) is 3. The van der Waals surface area contributed by atoms with Crippen LogP contribution in [0, 0.1) is 5.82 Å². The Kier molecular flexibility index (Phi) is 9.01. The van der Waals surface area contributed by atoms with E-state index in [1.54, 1.807) is 0 Å². The molecule has 11 heteroatoms. The Morgan fingerprint density at radius 1 is 1.09 bits per heavy atom. The summed E-state index contributed by atoms with van der Waals surface area (Å²) in [7, 11) is 0.996. The molecule has 1 aromatic rings. The number of hydrogen-bond donors (Lipinski definition) is 1. The zero-order chi connectivity index (χ0) is 24.7. The predicted octanol–water partition coefficient (Wildman–Crippen LogP) is 3.27. The highest BCUT2D eigenvalue weighted by atomic mass is 19.2. The van der Waals surface area contributed by atoms with Gasteiger partial charge in [0.15, 0.2) is 6.17 Å². The normalized spacial score (nSPS) is 16.8. The van der Waals surface area contributed by atoms with Gasteiger partial charge in [-0.15, -0.1) is 0 Å². The lowest BCUT2D eigenvalue weighted by atomic mass is 9.77. The number of hydrogen-bond acceptors (Lipinski definition) is 7. The molecule has 2 atom stereocenters. The molecule has 0 aromatic heterocycles.